The van der Waals surface area contributed by atoms with Gasteiger partial charge in [0.2, 0.25) is 5.95 Å². The third-order valence-corrected chi connectivity index (χ3v) is 6.44. The quantitative estimate of drug-likeness (QED) is 0.409. The first-order valence-electron chi connectivity index (χ1n) is 10.8. The molecule has 5 rings (SSSR count). The Kier molecular flexibility index (Phi) is 5.27. The predicted octanol–water partition coefficient (Wildman–Crippen LogP) is 4.63. The highest BCUT2D eigenvalue weighted by atomic mass is 35.5. The number of rotatable bonds is 5. The summed E-state index contributed by atoms with van der Waals surface area (Å²) in [5.74, 6) is 1.22. The van der Waals surface area contributed by atoms with Crippen LogP contribution in [0.4, 0.5) is 17.5 Å². The molecule has 3 aromatic heterocycles. The number of hydrogen-bond donors (Lipinski definition) is 3. The fourth-order valence-electron chi connectivity index (χ4n) is 4.20. The highest BCUT2D eigenvalue weighted by Crippen LogP contribution is 2.32. The molecule has 0 atom stereocenters. The van der Waals surface area contributed by atoms with Gasteiger partial charge in [-0.3, -0.25) is 0 Å². The van der Waals surface area contributed by atoms with E-state index in [9.17, 15) is 5.11 Å². The first kappa shape index (κ1) is 20.8. The van der Waals surface area contributed by atoms with Gasteiger partial charge in [0.25, 0.3) is 0 Å². The van der Waals surface area contributed by atoms with E-state index in [-0.39, 0.29) is 6.04 Å². The summed E-state index contributed by atoms with van der Waals surface area (Å²) in [4.78, 5) is 8.90. The summed E-state index contributed by atoms with van der Waals surface area (Å²) in [7, 11) is 1.95. The van der Waals surface area contributed by atoms with E-state index < -0.39 is 5.60 Å². The molecular formula is C23H26ClN7O. The van der Waals surface area contributed by atoms with Gasteiger partial charge in [0.05, 0.1) is 34.5 Å². The lowest BCUT2D eigenvalue weighted by molar-refractivity contribution is 0.0196. The maximum absolute atomic E-state index is 10.2. The molecule has 3 N–H and O–H groups in total. The Hall–Kier alpha value is -3.10. The van der Waals surface area contributed by atoms with E-state index >= 15 is 0 Å². The highest BCUT2D eigenvalue weighted by Gasteiger charge is 2.29. The average Bonchev–Trinajstić information content (AvgIpc) is 3.40. The fourth-order valence-corrected chi connectivity index (χ4v) is 4.43. The van der Waals surface area contributed by atoms with Crippen molar-refractivity contribution in [2.24, 2.45) is 7.05 Å². The molecule has 8 nitrogen and oxygen atoms in total. The van der Waals surface area contributed by atoms with Gasteiger partial charge in [0.1, 0.15) is 5.52 Å². The van der Waals surface area contributed by atoms with Crippen molar-refractivity contribution in [3.63, 3.8) is 0 Å². The molecule has 1 aromatic carbocycles. The van der Waals surface area contributed by atoms with E-state index in [1.807, 2.05) is 61.3 Å². The lowest BCUT2D eigenvalue weighted by Crippen LogP contribution is -2.36. The second-order valence-electron chi connectivity index (χ2n) is 8.75. The van der Waals surface area contributed by atoms with Gasteiger partial charge in [-0.05, 0) is 56.9 Å². The Bertz CT molecular complexity index is 1250. The summed E-state index contributed by atoms with van der Waals surface area (Å²) in [5.41, 5.74) is 3.04. The van der Waals surface area contributed by atoms with Gasteiger partial charge in [-0.25, -0.2) is 9.50 Å². The largest absolute Gasteiger partial charge is 0.390 e. The maximum Gasteiger partial charge on any atom is 0.247 e. The van der Waals surface area contributed by atoms with E-state index in [0.717, 1.165) is 54.0 Å². The van der Waals surface area contributed by atoms with Gasteiger partial charge < -0.3 is 20.3 Å². The van der Waals surface area contributed by atoms with Gasteiger partial charge in [0.15, 0.2) is 5.82 Å². The minimum absolute atomic E-state index is 0.262. The summed E-state index contributed by atoms with van der Waals surface area (Å²) in [6.45, 7) is 1.91. The molecule has 1 fully saturated rings. The normalized spacial score (nSPS) is 21.1. The van der Waals surface area contributed by atoms with Crippen LogP contribution in [0.15, 0.2) is 49.1 Å². The predicted molar refractivity (Wildman–Crippen MR) is 126 cm³/mol. The fraction of sp³-hybridized carbons (Fsp3) is 0.348. The van der Waals surface area contributed by atoms with Crippen molar-refractivity contribution in [2.75, 3.05) is 10.6 Å². The summed E-state index contributed by atoms with van der Waals surface area (Å²) >= 11 is 6.57. The first-order chi connectivity index (χ1) is 15.4. The van der Waals surface area contributed by atoms with E-state index in [1.54, 1.807) is 10.8 Å². The van der Waals surface area contributed by atoms with E-state index in [1.165, 1.54) is 0 Å². The SMILES string of the molecule is Cn1cncc1-c1ccc(Nc2nc(NC3CCC(C)(O)CC3)c3cccn3n2)c(Cl)c1. The number of nitrogens with zero attached hydrogens (tertiary/aromatic N) is 5. The van der Waals surface area contributed by atoms with Crippen LogP contribution in [0, 0.1) is 0 Å². The van der Waals surface area contributed by atoms with Crippen molar-refractivity contribution in [1.29, 1.82) is 0 Å². The van der Waals surface area contributed by atoms with Gasteiger partial charge in [0, 0.05) is 24.8 Å². The molecule has 0 bridgehead atoms. The van der Waals surface area contributed by atoms with Gasteiger partial charge in [-0.15, -0.1) is 5.10 Å². The van der Waals surface area contributed by atoms with E-state index in [4.69, 9.17) is 16.6 Å². The Morgan fingerprint density at radius 3 is 2.75 bits per heavy atom. The van der Waals surface area contributed by atoms with Crippen molar-refractivity contribution in [1.82, 2.24) is 24.1 Å². The molecule has 166 valence electrons. The van der Waals surface area contributed by atoms with Crippen LogP contribution in [0.2, 0.25) is 5.02 Å². The molecule has 32 heavy (non-hydrogen) atoms. The minimum atomic E-state index is -0.570. The second kappa shape index (κ2) is 8.11. The van der Waals surface area contributed by atoms with Crippen molar-refractivity contribution in [3.05, 3.63) is 54.1 Å². The van der Waals surface area contributed by atoms with Crippen LogP contribution >= 0.6 is 11.6 Å². The molecular weight excluding hydrogens is 426 g/mol. The number of nitrogens with one attached hydrogen (secondary N) is 2. The molecule has 3 heterocycles. The average molecular weight is 452 g/mol. The zero-order chi connectivity index (χ0) is 22.3. The van der Waals surface area contributed by atoms with Crippen LogP contribution in [0.1, 0.15) is 32.6 Å². The molecule has 0 unspecified atom stereocenters. The van der Waals surface area contributed by atoms with Gasteiger partial charge in [-0.2, -0.15) is 4.98 Å². The van der Waals surface area contributed by atoms with Crippen molar-refractivity contribution < 1.29 is 5.11 Å². The molecule has 4 aromatic rings. The summed E-state index contributed by atoms with van der Waals surface area (Å²) in [5, 5.41) is 22.2. The van der Waals surface area contributed by atoms with Crippen molar-refractivity contribution in [3.8, 4) is 11.3 Å². The van der Waals surface area contributed by atoms with Crippen LogP contribution < -0.4 is 10.6 Å². The molecule has 0 radical (unpaired) electrons. The van der Waals surface area contributed by atoms with Crippen LogP contribution in [0.3, 0.4) is 0 Å². The molecule has 1 aliphatic carbocycles. The molecule has 0 amide bonds. The van der Waals surface area contributed by atoms with E-state index in [0.29, 0.717) is 11.0 Å². The molecule has 0 saturated heterocycles. The Balaban J connectivity index is 1.40. The number of imidazole rings is 1. The third-order valence-electron chi connectivity index (χ3n) is 6.12. The number of aryl methyl sites for hydroxylation is 1. The Morgan fingerprint density at radius 1 is 1.22 bits per heavy atom. The van der Waals surface area contributed by atoms with Crippen molar-refractivity contribution in [2.45, 2.75) is 44.2 Å². The Morgan fingerprint density at radius 2 is 2.03 bits per heavy atom. The number of benzene rings is 1. The number of anilines is 3. The molecule has 0 spiro atoms. The number of aliphatic hydroxyl groups is 1. The minimum Gasteiger partial charge on any atom is -0.390 e. The topological polar surface area (TPSA) is 92.3 Å². The smallest absolute Gasteiger partial charge is 0.247 e. The standard InChI is InChI=1S/C23H26ClN7O/c1-23(32)9-7-16(8-10-23)26-21-19-4-3-11-31(19)29-22(28-21)27-18-6-5-15(12-17(18)24)20-13-25-14-30(20)2/h3-6,11-14,16,32H,7-10H2,1-2H3,(H2,26,27,28,29). The number of halogens is 1. The van der Waals surface area contributed by atoms with Crippen LogP contribution in [0.5, 0.6) is 0 Å². The van der Waals surface area contributed by atoms with Crippen LogP contribution in [0.25, 0.3) is 16.8 Å². The summed E-state index contributed by atoms with van der Waals surface area (Å²) in [6.07, 6.45) is 8.81. The lowest BCUT2D eigenvalue weighted by atomic mass is 9.84. The molecule has 1 aliphatic rings. The maximum atomic E-state index is 10.2. The number of hydrogen-bond acceptors (Lipinski definition) is 6. The van der Waals surface area contributed by atoms with Crippen molar-refractivity contribution >= 4 is 34.6 Å². The van der Waals surface area contributed by atoms with Crippen LogP contribution in [-0.2, 0) is 7.05 Å². The Labute approximate surface area is 191 Å². The zero-order valence-electron chi connectivity index (χ0n) is 18.1. The number of fused-ring (bicyclic) bond motifs is 1. The summed E-state index contributed by atoms with van der Waals surface area (Å²) < 4.78 is 3.75. The number of aromatic nitrogens is 5. The van der Waals surface area contributed by atoms with Gasteiger partial charge >= 0.3 is 0 Å². The molecule has 0 aliphatic heterocycles. The third kappa shape index (κ3) is 4.16. The first-order valence-corrected chi connectivity index (χ1v) is 11.1. The molecule has 9 heteroatoms. The van der Waals surface area contributed by atoms with E-state index in [2.05, 4.69) is 20.7 Å². The summed E-state index contributed by atoms with van der Waals surface area (Å²) in [6, 6.07) is 10.0. The second-order valence-corrected chi connectivity index (χ2v) is 9.15. The monoisotopic (exact) mass is 451 g/mol. The lowest BCUT2D eigenvalue weighted by Gasteiger charge is -2.33. The highest BCUT2D eigenvalue weighted by molar-refractivity contribution is 6.33. The zero-order valence-corrected chi connectivity index (χ0v) is 18.8. The molecule has 1 saturated carbocycles. The van der Waals surface area contributed by atoms with Gasteiger partial charge in [-0.1, -0.05) is 17.7 Å². The van der Waals surface area contributed by atoms with Crippen LogP contribution in [-0.4, -0.2) is 40.9 Å².